The van der Waals surface area contributed by atoms with Crippen LogP contribution in [0.5, 0.6) is 0 Å². The molecular weight excluding hydrogens is 324 g/mol. The van der Waals surface area contributed by atoms with Crippen LogP contribution in [0, 0.1) is 5.92 Å². The zero-order valence-corrected chi connectivity index (χ0v) is 14.2. The Balaban J connectivity index is 1.66. The smallest absolute Gasteiger partial charge is 0.229 e. The fraction of sp³-hybridized carbons (Fsp3) is 0.263. The van der Waals surface area contributed by atoms with Crippen molar-refractivity contribution in [2.24, 2.45) is 5.92 Å². The van der Waals surface area contributed by atoms with E-state index in [1.165, 1.54) is 5.56 Å². The molecule has 124 valence electrons. The summed E-state index contributed by atoms with van der Waals surface area (Å²) >= 11 is 5.88. The molecule has 0 bridgehead atoms. The lowest BCUT2D eigenvalue weighted by molar-refractivity contribution is -0.122. The van der Waals surface area contributed by atoms with Gasteiger partial charge >= 0.3 is 0 Å². The van der Waals surface area contributed by atoms with Crippen LogP contribution in [0.25, 0.3) is 0 Å². The number of carbonyl (C=O) groups excluding carboxylic acids is 2. The van der Waals surface area contributed by atoms with Crippen LogP contribution in [0.3, 0.4) is 0 Å². The molecule has 1 N–H and O–H groups in total. The number of amides is 2. The quantitative estimate of drug-likeness (QED) is 0.916. The minimum Gasteiger partial charge on any atom is -0.326 e. The van der Waals surface area contributed by atoms with Crippen molar-refractivity contribution in [3.05, 3.63) is 59.1 Å². The van der Waals surface area contributed by atoms with Gasteiger partial charge in [0.1, 0.15) is 0 Å². The van der Waals surface area contributed by atoms with Gasteiger partial charge in [-0.1, -0.05) is 30.7 Å². The lowest BCUT2D eigenvalue weighted by Crippen LogP contribution is -2.28. The van der Waals surface area contributed by atoms with Crippen LogP contribution in [-0.2, 0) is 16.0 Å². The van der Waals surface area contributed by atoms with E-state index in [2.05, 4.69) is 12.2 Å². The second-order valence-electron chi connectivity index (χ2n) is 5.92. The van der Waals surface area contributed by atoms with Gasteiger partial charge in [0.25, 0.3) is 0 Å². The average Bonchev–Trinajstić information content (AvgIpc) is 2.98. The number of benzene rings is 2. The number of nitrogens with zero attached hydrogens (tertiary/aromatic N) is 1. The van der Waals surface area contributed by atoms with Crippen molar-refractivity contribution in [1.82, 2.24) is 0 Å². The zero-order valence-electron chi connectivity index (χ0n) is 13.5. The molecule has 0 aromatic heterocycles. The second-order valence-corrected chi connectivity index (χ2v) is 6.36. The van der Waals surface area contributed by atoms with Gasteiger partial charge < -0.3 is 10.2 Å². The third kappa shape index (κ3) is 3.60. The summed E-state index contributed by atoms with van der Waals surface area (Å²) < 4.78 is 0. The first kappa shape index (κ1) is 16.5. The topological polar surface area (TPSA) is 49.4 Å². The zero-order chi connectivity index (χ0) is 17.1. The predicted molar refractivity (Wildman–Crippen MR) is 96.4 cm³/mol. The molecule has 0 spiro atoms. The lowest BCUT2D eigenvalue weighted by Gasteiger charge is -2.16. The third-order valence-corrected chi connectivity index (χ3v) is 4.52. The largest absolute Gasteiger partial charge is 0.326 e. The SMILES string of the molecule is CCc1ccc(NC(=O)C2CC(=O)N(c3ccc(Cl)cc3)C2)cc1. The van der Waals surface area contributed by atoms with Crippen molar-refractivity contribution >= 4 is 34.8 Å². The van der Waals surface area contributed by atoms with Crippen LogP contribution < -0.4 is 10.2 Å². The first-order valence-electron chi connectivity index (χ1n) is 8.02. The van der Waals surface area contributed by atoms with E-state index in [-0.39, 0.29) is 24.2 Å². The van der Waals surface area contributed by atoms with Crippen molar-refractivity contribution in [3.8, 4) is 0 Å². The molecule has 1 aliphatic heterocycles. The summed E-state index contributed by atoms with van der Waals surface area (Å²) in [7, 11) is 0. The Morgan fingerprint density at radius 3 is 2.46 bits per heavy atom. The van der Waals surface area contributed by atoms with Gasteiger partial charge in [0.05, 0.1) is 5.92 Å². The van der Waals surface area contributed by atoms with E-state index < -0.39 is 0 Å². The summed E-state index contributed by atoms with van der Waals surface area (Å²) in [6, 6.07) is 14.9. The van der Waals surface area contributed by atoms with E-state index >= 15 is 0 Å². The number of halogens is 1. The van der Waals surface area contributed by atoms with Crippen molar-refractivity contribution in [2.45, 2.75) is 19.8 Å². The van der Waals surface area contributed by atoms with E-state index in [1.54, 1.807) is 29.2 Å². The molecule has 2 aromatic carbocycles. The molecule has 1 heterocycles. The lowest BCUT2D eigenvalue weighted by atomic mass is 10.1. The summed E-state index contributed by atoms with van der Waals surface area (Å²) in [6.45, 7) is 2.47. The number of hydrogen-bond acceptors (Lipinski definition) is 2. The highest BCUT2D eigenvalue weighted by Gasteiger charge is 2.35. The normalized spacial score (nSPS) is 17.2. The Morgan fingerprint density at radius 1 is 1.17 bits per heavy atom. The van der Waals surface area contributed by atoms with Crippen LogP contribution >= 0.6 is 11.6 Å². The second kappa shape index (κ2) is 7.05. The maximum Gasteiger partial charge on any atom is 0.229 e. The molecule has 24 heavy (non-hydrogen) atoms. The van der Waals surface area contributed by atoms with Gasteiger partial charge in [0.15, 0.2) is 0 Å². The van der Waals surface area contributed by atoms with Gasteiger partial charge in [-0.2, -0.15) is 0 Å². The number of carbonyl (C=O) groups is 2. The molecule has 1 unspecified atom stereocenters. The monoisotopic (exact) mass is 342 g/mol. The van der Waals surface area contributed by atoms with Crippen molar-refractivity contribution in [3.63, 3.8) is 0 Å². The van der Waals surface area contributed by atoms with E-state index in [0.29, 0.717) is 11.6 Å². The van der Waals surface area contributed by atoms with Crippen molar-refractivity contribution in [2.75, 3.05) is 16.8 Å². The Morgan fingerprint density at radius 2 is 1.83 bits per heavy atom. The molecule has 1 fully saturated rings. The standard InChI is InChI=1S/C19H19ClN2O2/c1-2-13-3-7-16(8-4-13)21-19(24)14-11-18(23)22(12-14)17-9-5-15(20)6-10-17/h3-10,14H,2,11-12H2,1H3,(H,21,24). The maximum absolute atomic E-state index is 12.4. The summed E-state index contributed by atoms with van der Waals surface area (Å²) in [5, 5.41) is 3.52. The van der Waals surface area contributed by atoms with Crippen molar-refractivity contribution < 1.29 is 9.59 Å². The van der Waals surface area contributed by atoms with Crippen LogP contribution in [0.15, 0.2) is 48.5 Å². The van der Waals surface area contributed by atoms with Gasteiger partial charge in [-0.25, -0.2) is 0 Å². The Labute approximate surface area is 146 Å². The summed E-state index contributed by atoms with van der Waals surface area (Å²) in [6.07, 6.45) is 1.18. The van der Waals surface area contributed by atoms with E-state index in [0.717, 1.165) is 17.8 Å². The van der Waals surface area contributed by atoms with E-state index in [4.69, 9.17) is 11.6 Å². The fourth-order valence-corrected chi connectivity index (χ4v) is 2.95. The van der Waals surface area contributed by atoms with Crippen LogP contribution in [0.4, 0.5) is 11.4 Å². The summed E-state index contributed by atoms with van der Waals surface area (Å²) in [4.78, 5) is 26.3. The molecule has 0 radical (unpaired) electrons. The maximum atomic E-state index is 12.4. The number of anilines is 2. The van der Waals surface area contributed by atoms with E-state index in [9.17, 15) is 9.59 Å². The van der Waals surface area contributed by atoms with Crippen LogP contribution in [0.1, 0.15) is 18.9 Å². The minimum absolute atomic E-state index is 0.0428. The molecule has 4 nitrogen and oxygen atoms in total. The Hall–Kier alpha value is -2.33. The number of hydrogen-bond donors (Lipinski definition) is 1. The first-order valence-corrected chi connectivity index (χ1v) is 8.40. The molecule has 2 aromatic rings. The average molecular weight is 343 g/mol. The molecular formula is C19H19ClN2O2. The fourth-order valence-electron chi connectivity index (χ4n) is 2.82. The highest BCUT2D eigenvalue weighted by Crippen LogP contribution is 2.27. The number of aryl methyl sites for hydroxylation is 1. The van der Waals surface area contributed by atoms with Crippen LogP contribution in [0.2, 0.25) is 5.02 Å². The number of rotatable bonds is 4. The molecule has 5 heteroatoms. The summed E-state index contributed by atoms with van der Waals surface area (Å²) in [5.74, 6) is -0.512. The minimum atomic E-state index is -0.348. The predicted octanol–water partition coefficient (Wildman–Crippen LogP) is 3.89. The van der Waals surface area contributed by atoms with Gasteiger partial charge in [-0.15, -0.1) is 0 Å². The highest BCUT2D eigenvalue weighted by molar-refractivity contribution is 6.30. The van der Waals surface area contributed by atoms with E-state index in [1.807, 2.05) is 24.3 Å². The van der Waals surface area contributed by atoms with Gasteiger partial charge in [0.2, 0.25) is 11.8 Å². The molecule has 0 aliphatic carbocycles. The molecule has 3 rings (SSSR count). The highest BCUT2D eigenvalue weighted by atomic mass is 35.5. The number of nitrogens with one attached hydrogen (secondary N) is 1. The Bertz CT molecular complexity index is 741. The molecule has 1 aliphatic rings. The van der Waals surface area contributed by atoms with Crippen molar-refractivity contribution in [1.29, 1.82) is 0 Å². The molecule has 0 saturated carbocycles. The molecule has 1 atom stereocenters. The van der Waals surface area contributed by atoms with Gasteiger partial charge in [-0.3, -0.25) is 9.59 Å². The van der Waals surface area contributed by atoms with Crippen LogP contribution in [-0.4, -0.2) is 18.4 Å². The third-order valence-electron chi connectivity index (χ3n) is 4.26. The van der Waals surface area contributed by atoms with Gasteiger partial charge in [-0.05, 0) is 48.4 Å². The molecule has 2 amide bonds. The van der Waals surface area contributed by atoms with Gasteiger partial charge in [0, 0.05) is 29.4 Å². The molecule has 1 saturated heterocycles. The first-order chi connectivity index (χ1) is 11.6. The summed E-state index contributed by atoms with van der Waals surface area (Å²) in [5.41, 5.74) is 2.75. The Kier molecular flexibility index (Phi) is 4.86.